The Morgan fingerprint density at radius 1 is 1.14 bits per heavy atom. The summed E-state index contributed by atoms with van der Waals surface area (Å²) in [5.74, 6) is -0.316. The lowest BCUT2D eigenvalue weighted by Gasteiger charge is -2.14. The van der Waals surface area contributed by atoms with Crippen LogP contribution in [0.25, 0.3) is 0 Å². The van der Waals surface area contributed by atoms with Crippen LogP contribution in [-0.2, 0) is 9.59 Å². The molecule has 5 nitrogen and oxygen atoms in total. The molecule has 0 spiro atoms. The summed E-state index contributed by atoms with van der Waals surface area (Å²) >= 11 is 12.0. The number of quaternary nitrogens is 1. The number of amides is 2. The number of halogens is 2. The second kappa shape index (κ2) is 8.87. The van der Waals surface area contributed by atoms with Gasteiger partial charge in [-0.2, -0.15) is 0 Å². The van der Waals surface area contributed by atoms with Crippen LogP contribution in [0.4, 0.5) is 5.69 Å². The molecule has 1 atom stereocenters. The van der Waals surface area contributed by atoms with E-state index in [9.17, 15) is 9.59 Å². The van der Waals surface area contributed by atoms with Crippen LogP contribution in [0.1, 0.15) is 13.3 Å². The Labute approximate surface area is 134 Å². The van der Waals surface area contributed by atoms with E-state index in [2.05, 4.69) is 10.6 Å². The second-order valence-electron chi connectivity index (χ2n) is 4.81. The summed E-state index contributed by atoms with van der Waals surface area (Å²) in [6, 6.07) is 5.01. The van der Waals surface area contributed by atoms with E-state index >= 15 is 0 Å². The molecular formula is C14H20Cl2N3O2+. The van der Waals surface area contributed by atoms with E-state index in [0.717, 1.165) is 11.3 Å². The van der Waals surface area contributed by atoms with Crippen molar-refractivity contribution in [1.29, 1.82) is 0 Å². The predicted octanol–water partition coefficient (Wildman–Crippen LogP) is 0.973. The number of para-hydroxylation sites is 1. The summed E-state index contributed by atoms with van der Waals surface area (Å²) in [5.41, 5.74) is 0.397. The molecule has 3 N–H and O–H groups in total. The van der Waals surface area contributed by atoms with Crippen LogP contribution in [0.5, 0.6) is 0 Å². The van der Waals surface area contributed by atoms with Gasteiger partial charge in [0.1, 0.15) is 0 Å². The SMILES string of the molecule is CCCNC(=O)C[NH+](C)CC(=O)Nc1c(Cl)cccc1Cl. The van der Waals surface area contributed by atoms with Crippen LogP contribution in [0.3, 0.4) is 0 Å². The molecule has 1 unspecified atom stereocenters. The van der Waals surface area contributed by atoms with E-state index in [0.29, 0.717) is 22.3 Å². The number of rotatable bonds is 7. The van der Waals surface area contributed by atoms with Crippen LogP contribution in [0.15, 0.2) is 18.2 Å². The number of carbonyl (C=O) groups is 2. The van der Waals surface area contributed by atoms with Gasteiger partial charge in [-0.05, 0) is 18.6 Å². The van der Waals surface area contributed by atoms with Gasteiger partial charge in [-0.25, -0.2) is 0 Å². The Balaban J connectivity index is 2.48. The lowest BCUT2D eigenvalue weighted by atomic mass is 10.3. The third-order valence-electron chi connectivity index (χ3n) is 2.72. The lowest BCUT2D eigenvalue weighted by Crippen LogP contribution is -3.11. The maximum Gasteiger partial charge on any atom is 0.279 e. The third-order valence-corrected chi connectivity index (χ3v) is 3.35. The normalized spacial score (nSPS) is 11.8. The molecule has 0 bridgehead atoms. The van der Waals surface area contributed by atoms with Gasteiger partial charge in [0.15, 0.2) is 13.1 Å². The summed E-state index contributed by atoms with van der Waals surface area (Å²) < 4.78 is 0. The Morgan fingerprint density at radius 3 is 2.29 bits per heavy atom. The van der Waals surface area contributed by atoms with Gasteiger partial charge in [-0.3, -0.25) is 9.59 Å². The molecule has 0 heterocycles. The molecule has 0 aliphatic rings. The molecule has 0 aromatic heterocycles. The van der Waals surface area contributed by atoms with Gasteiger partial charge in [0, 0.05) is 6.54 Å². The largest absolute Gasteiger partial charge is 0.351 e. The van der Waals surface area contributed by atoms with E-state index in [1.54, 1.807) is 25.2 Å². The highest BCUT2D eigenvalue weighted by Gasteiger charge is 2.16. The van der Waals surface area contributed by atoms with E-state index in [1.165, 1.54) is 0 Å². The standard InChI is InChI=1S/C14H19Cl2N3O2/c1-3-7-17-12(20)8-19(2)9-13(21)18-14-10(15)5-4-6-11(14)16/h4-6H,3,7-9H2,1-2H3,(H,17,20)(H,18,21)/p+1. The molecule has 0 aliphatic carbocycles. The van der Waals surface area contributed by atoms with Gasteiger partial charge in [0.05, 0.1) is 22.8 Å². The number of anilines is 1. The fourth-order valence-corrected chi connectivity index (χ4v) is 2.23. The van der Waals surface area contributed by atoms with Crippen LogP contribution in [0.2, 0.25) is 10.0 Å². The molecule has 21 heavy (non-hydrogen) atoms. The minimum Gasteiger partial charge on any atom is -0.351 e. The highest BCUT2D eigenvalue weighted by molar-refractivity contribution is 6.39. The van der Waals surface area contributed by atoms with Crippen molar-refractivity contribution in [2.24, 2.45) is 0 Å². The molecule has 1 aromatic rings. The molecular weight excluding hydrogens is 313 g/mol. The van der Waals surface area contributed by atoms with Crippen molar-refractivity contribution in [3.8, 4) is 0 Å². The summed E-state index contributed by atoms with van der Waals surface area (Å²) in [7, 11) is 1.78. The maximum absolute atomic E-state index is 11.9. The second-order valence-corrected chi connectivity index (χ2v) is 5.62. The minimum absolute atomic E-state index is 0.0714. The fraction of sp³-hybridized carbons (Fsp3) is 0.429. The quantitative estimate of drug-likeness (QED) is 0.696. The summed E-state index contributed by atoms with van der Waals surface area (Å²) in [6.07, 6.45) is 0.885. The van der Waals surface area contributed by atoms with Gasteiger partial charge in [0.2, 0.25) is 0 Å². The van der Waals surface area contributed by atoms with E-state index in [-0.39, 0.29) is 24.9 Å². The number of nitrogens with one attached hydrogen (secondary N) is 3. The van der Waals surface area contributed by atoms with E-state index < -0.39 is 0 Å². The first-order chi connectivity index (χ1) is 9.93. The fourth-order valence-electron chi connectivity index (χ4n) is 1.74. The summed E-state index contributed by atoms with van der Waals surface area (Å²) in [6.45, 7) is 3.02. The topological polar surface area (TPSA) is 62.6 Å². The van der Waals surface area contributed by atoms with Gasteiger partial charge in [-0.15, -0.1) is 0 Å². The molecule has 0 saturated heterocycles. The van der Waals surface area contributed by atoms with E-state index in [1.807, 2.05) is 6.92 Å². The number of likely N-dealkylation sites (N-methyl/N-ethyl adjacent to an activating group) is 1. The third kappa shape index (κ3) is 6.33. The zero-order valence-electron chi connectivity index (χ0n) is 12.1. The highest BCUT2D eigenvalue weighted by atomic mass is 35.5. The number of hydrogen-bond donors (Lipinski definition) is 3. The number of hydrogen-bond acceptors (Lipinski definition) is 2. The van der Waals surface area contributed by atoms with Crippen molar-refractivity contribution in [3.05, 3.63) is 28.2 Å². The molecule has 0 radical (unpaired) electrons. The van der Waals surface area contributed by atoms with Crippen LogP contribution < -0.4 is 15.5 Å². The average molecular weight is 333 g/mol. The Hall–Kier alpha value is -1.30. The van der Waals surface area contributed by atoms with Gasteiger partial charge in [-0.1, -0.05) is 36.2 Å². The molecule has 1 rings (SSSR count). The van der Waals surface area contributed by atoms with Crippen molar-refractivity contribution < 1.29 is 14.5 Å². The summed E-state index contributed by atoms with van der Waals surface area (Å²) in [5, 5.41) is 6.21. The van der Waals surface area contributed by atoms with Gasteiger partial charge >= 0.3 is 0 Å². The van der Waals surface area contributed by atoms with Gasteiger partial charge in [0.25, 0.3) is 11.8 Å². The zero-order valence-corrected chi connectivity index (χ0v) is 13.6. The first kappa shape index (κ1) is 17.8. The monoisotopic (exact) mass is 332 g/mol. The Morgan fingerprint density at radius 2 is 1.71 bits per heavy atom. The summed E-state index contributed by atoms with van der Waals surface area (Å²) in [4.78, 5) is 24.3. The number of benzene rings is 1. The van der Waals surface area contributed by atoms with Crippen molar-refractivity contribution >= 4 is 40.7 Å². The molecule has 7 heteroatoms. The van der Waals surface area contributed by atoms with E-state index in [4.69, 9.17) is 23.2 Å². The zero-order chi connectivity index (χ0) is 15.8. The Bertz CT molecular complexity index is 489. The van der Waals surface area contributed by atoms with Crippen molar-refractivity contribution in [3.63, 3.8) is 0 Å². The predicted molar refractivity (Wildman–Crippen MR) is 85.0 cm³/mol. The maximum atomic E-state index is 11.9. The minimum atomic E-state index is -0.245. The Kier molecular flexibility index (Phi) is 7.50. The number of carbonyl (C=O) groups excluding carboxylic acids is 2. The van der Waals surface area contributed by atoms with Gasteiger partial charge < -0.3 is 15.5 Å². The van der Waals surface area contributed by atoms with Crippen LogP contribution >= 0.6 is 23.2 Å². The first-order valence-corrected chi connectivity index (χ1v) is 7.51. The smallest absolute Gasteiger partial charge is 0.279 e. The average Bonchev–Trinajstić information content (AvgIpc) is 2.40. The van der Waals surface area contributed by atoms with Crippen LogP contribution in [0, 0.1) is 0 Å². The highest BCUT2D eigenvalue weighted by Crippen LogP contribution is 2.29. The molecule has 116 valence electrons. The van der Waals surface area contributed by atoms with Crippen LogP contribution in [-0.4, -0.2) is 38.5 Å². The molecule has 1 aromatic carbocycles. The van der Waals surface area contributed by atoms with Crippen molar-refractivity contribution in [2.45, 2.75) is 13.3 Å². The molecule has 0 fully saturated rings. The molecule has 2 amide bonds. The molecule has 0 saturated carbocycles. The van der Waals surface area contributed by atoms with Crippen molar-refractivity contribution in [1.82, 2.24) is 5.32 Å². The lowest BCUT2D eigenvalue weighted by molar-refractivity contribution is -0.862. The van der Waals surface area contributed by atoms with Crippen molar-refractivity contribution in [2.75, 3.05) is 32.0 Å². The first-order valence-electron chi connectivity index (χ1n) is 6.76. The molecule has 0 aliphatic heterocycles.